The van der Waals surface area contributed by atoms with E-state index in [1.165, 1.54) is 11.5 Å². The van der Waals surface area contributed by atoms with Gasteiger partial charge in [0, 0.05) is 25.0 Å². The zero-order valence-corrected chi connectivity index (χ0v) is 13.0. The van der Waals surface area contributed by atoms with Crippen LogP contribution in [0.15, 0.2) is 12.5 Å². The van der Waals surface area contributed by atoms with E-state index in [-0.39, 0.29) is 0 Å². The lowest BCUT2D eigenvalue weighted by Crippen LogP contribution is -2.33. The highest BCUT2D eigenvalue weighted by molar-refractivity contribution is 7.08. The van der Waals surface area contributed by atoms with Crippen molar-refractivity contribution in [1.29, 1.82) is 0 Å². The van der Waals surface area contributed by atoms with Crippen molar-refractivity contribution in [2.24, 2.45) is 7.05 Å². The van der Waals surface area contributed by atoms with E-state index in [4.69, 9.17) is 0 Å². The van der Waals surface area contributed by atoms with Crippen molar-refractivity contribution in [3.63, 3.8) is 0 Å². The quantitative estimate of drug-likeness (QED) is 0.806. The molecule has 0 aliphatic carbocycles. The van der Waals surface area contributed by atoms with E-state index in [0.29, 0.717) is 0 Å². The van der Waals surface area contributed by atoms with Gasteiger partial charge in [0.25, 0.3) is 0 Å². The molecule has 0 aliphatic heterocycles. The second kappa shape index (κ2) is 9.70. The summed E-state index contributed by atoms with van der Waals surface area (Å²) in [5.74, 6) is 0.873. The summed E-state index contributed by atoms with van der Waals surface area (Å²) in [6, 6.07) is 0. The van der Waals surface area contributed by atoms with Gasteiger partial charge in [0.05, 0.1) is 4.49 Å². The average Bonchev–Trinajstić information content (AvgIpc) is 3.03. The first-order valence-electron chi connectivity index (χ1n) is 6.52. The van der Waals surface area contributed by atoms with Crippen molar-refractivity contribution in [1.82, 2.24) is 19.3 Å². The molecule has 0 bridgehead atoms. The van der Waals surface area contributed by atoms with Crippen LogP contribution in [0.5, 0.6) is 0 Å². The molecule has 0 saturated heterocycles. The average molecular weight is 270 g/mol. The fraction of sp³-hybridized carbons (Fsp3) is 0.667. The highest BCUT2D eigenvalue weighted by atomic mass is 32.1. The molecule has 18 heavy (non-hydrogen) atoms. The molecule has 0 unspecified atom stereocenters. The van der Waals surface area contributed by atoms with Crippen molar-refractivity contribution in [3.05, 3.63) is 12.5 Å². The number of hydrogen-bond acceptors (Lipinski definition) is 4. The smallest absolute Gasteiger partial charge is 0.220 e. The summed E-state index contributed by atoms with van der Waals surface area (Å²) in [6.07, 6.45) is 4.66. The topological polar surface area (TPSA) is 47.5 Å². The Hall–Kier alpha value is -1.30. The Morgan fingerprint density at radius 3 is 2.44 bits per heavy atom. The van der Waals surface area contributed by atoms with Gasteiger partial charge in [-0.25, -0.2) is 9.67 Å². The van der Waals surface area contributed by atoms with E-state index in [0.717, 1.165) is 23.7 Å². The molecule has 2 aromatic heterocycles. The van der Waals surface area contributed by atoms with Gasteiger partial charge in [0.1, 0.15) is 6.33 Å². The molecule has 2 rings (SSSR count). The minimum atomic E-state index is 0.873. The van der Waals surface area contributed by atoms with Crippen LogP contribution in [0.3, 0.4) is 0 Å². The molecule has 0 amide bonds. The lowest BCUT2D eigenvalue weighted by atomic mass is 10.4. The molecule has 6 heteroatoms. The predicted octanol–water partition coefficient (Wildman–Crippen LogP) is 2.69. The summed E-state index contributed by atoms with van der Waals surface area (Å²) in [5, 5.41) is 4.02. The SMILES string of the molecule is CC.CC.CCC[n+]1cc(-c2ncnn2C)sn1. The normalized spacial score (nSPS) is 9.00. The Balaban J connectivity index is 0.000000659. The van der Waals surface area contributed by atoms with Gasteiger partial charge in [-0.1, -0.05) is 39.3 Å². The third kappa shape index (κ3) is 4.52. The Kier molecular flexibility index (Phi) is 9.00. The Labute approximate surface area is 114 Å². The van der Waals surface area contributed by atoms with Gasteiger partial charge >= 0.3 is 0 Å². The molecule has 0 saturated carbocycles. The number of hydrogen-bond donors (Lipinski definition) is 0. The predicted molar refractivity (Wildman–Crippen MR) is 75.3 cm³/mol. The summed E-state index contributed by atoms with van der Waals surface area (Å²) in [5.41, 5.74) is 0. The van der Waals surface area contributed by atoms with Crippen molar-refractivity contribution in [3.8, 4) is 10.7 Å². The summed E-state index contributed by atoms with van der Waals surface area (Å²) in [4.78, 5) is 5.22. The summed E-state index contributed by atoms with van der Waals surface area (Å²) < 4.78 is 7.97. The van der Waals surface area contributed by atoms with Crippen LogP contribution in [-0.4, -0.2) is 19.3 Å². The first-order valence-corrected chi connectivity index (χ1v) is 7.29. The zero-order valence-electron chi connectivity index (χ0n) is 12.2. The molecule has 0 atom stereocenters. The molecule has 0 N–H and O–H groups in total. The van der Waals surface area contributed by atoms with Crippen molar-refractivity contribution in [2.75, 3.05) is 0 Å². The van der Waals surface area contributed by atoms with Crippen LogP contribution in [0, 0.1) is 0 Å². The van der Waals surface area contributed by atoms with Crippen LogP contribution < -0.4 is 4.68 Å². The van der Waals surface area contributed by atoms with Crippen LogP contribution in [0.25, 0.3) is 10.7 Å². The molecular weight excluding hydrogens is 246 g/mol. The standard InChI is InChI=1S/C8H12N5S.2C2H6/c1-3-4-13-5-7(14-11-13)8-9-6-10-12(8)2;2*1-2/h5-6H,3-4H2,1-2H3;2*1-2H3/q+1;;. The minimum absolute atomic E-state index is 0.873. The minimum Gasteiger partial charge on any atom is -0.248 e. The maximum atomic E-state index is 4.28. The Bertz CT molecular complexity index is 422. The molecule has 0 aromatic carbocycles. The van der Waals surface area contributed by atoms with Gasteiger partial charge in [-0.2, -0.15) is 5.10 Å². The van der Waals surface area contributed by atoms with Gasteiger partial charge in [0.15, 0.2) is 17.2 Å². The van der Waals surface area contributed by atoms with Crippen LogP contribution in [-0.2, 0) is 13.6 Å². The highest BCUT2D eigenvalue weighted by Gasteiger charge is 2.14. The van der Waals surface area contributed by atoms with Crippen LogP contribution in [0.1, 0.15) is 41.0 Å². The Morgan fingerprint density at radius 2 is 1.94 bits per heavy atom. The zero-order chi connectivity index (χ0) is 14.0. The van der Waals surface area contributed by atoms with Gasteiger partial charge in [-0.3, -0.25) is 0 Å². The van der Waals surface area contributed by atoms with Gasteiger partial charge < -0.3 is 0 Å². The third-order valence-corrected chi connectivity index (χ3v) is 2.67. The summed E-state index contributed by atoms with van der Waals surface area (Å²) in [7, 11) is 1.88. The molecule has 5 nitrogen and oxygen atoms in total. The lowest BCUT2D eigenvalue weighted by Gasteiger charge is -1.90. The van der Waals surface area contributed by atoms with Gasteiger partial charge in [-0.15, -0.1) is 0 Å². The fourth-order valence-corrected chi connectivity index (χ4v) is 1.99. The summed E-state index contributed by atoms with van der Waals surface area (Å²) in [6.45, 7) is 11.1. The van der Waals surface area contributed by atoms with E-state index in [9.17, 15) is 0 Å². The molecule has 102 valence electrons. The van der Waals surface area contributed by atoms with E-state index in [2.05, 4.69) is 21.5 Å². The lowest BCUT2D eigenvalue weighted by molar-refractivity contribution is -0.746. The van der Waals surface area contributed by atoms with Crippen molar-refractivity contribution >= 4 is 11.5 Å². The van der Waals surface area contributed by atoms with Crippen molar-refractivity contribution < 1.29 is 4.68 Å². The van der Waals surface area contributed by atoms with Crippen LogP contribution >= 0.6 is 11.5 Å². The molecular formula is C12H24N5S+. The second-order valence-corrected chi connectivity index (χ2v) is 3.82. The van der Waals surface area contributed by atoms with Crippen molar-refractivity contribution in [2.45, 2.75) is 47.6 Å². The molecule has 0 fully saturated rings. The van der Waals surface area contributed by atoms with E-state index in [1.54, 1.807) is 11.0 Å². The monoisotopic (exact) mass is 270 g/mol. The third-order valence-electron chi connectivity index (χ3n) is 1.89. The molecule has 0 radical (unpaired) electrons. The number of rotatable bonds is 3. The largest absolute Gasteiger partial charge is 0.248 e. The Morgan fingerprint density at radius 1 is 1.28 bits per heavy atom. The van der Waals surface area contributed by atoms with Crippen LogP contribution in [0.2, 0.25) is 0 Å². The maximum absolute atomic E-state index is 4.28. The molecule has 2 aromatic rings. The van der Waals surface area contributed by atoms with Crippen LogP contribution in [0.4, 0.5) is 0 Å². The fourth-order valence-electron chi connectivity index (χ4n) is 1.23. The first-order chi connectivity index (χ1) is 8.81. The van der Waals surface area contributed by atoms with E-state index < -0.39 is 0 Å². The first kappa shape index (κ1) is 16.7. The van der Waals surface area contributed by atoms with E-state index in [1.807, 2.05) is 45.6 Å². The highest BCUT2D eigenvalue weighted by Crippen LogP contribution is 2.16. The number of aryl methyl sites for hydroxylation is 2. The maximum Gasteiger partial charge on any atom is 0.220 e. The van der Waals surface area contributed by atoms with Gasteiger partial charge in [-0.05, 0) is 0 Å². The number of nitrogens with zero attached hydrogens (tertiary/aromatic N) is 5. The van der Waals surface area contributed by atoms with Gasteiger partial charge in [0.2, 0.25) is 6.20 Å². The molecule has 0 spiro atoms. The molecule has 0 aliphatic rings. The molecule has 2 heterocycles. The number of aromatic nitrogens is 5. The summed E-state index contributed by atoms with van der Waals surface area (Å²) >= 11 is 1.45. The van der Waals surface area contributed by atoms with E-state index >= 15 is 0 Å². The second-order valence-electron chi connectivity index (χ2n) is 3.04.